The van der Waals surface area contributed by atoms with Gasteiger partial charge >= 0.3 is 11.9 Å². The van der Waals surface area contributed by atoms with Crippen molar-refractivity contribution < 1.29 is 49.0 Å². The van der Waals surface area contributed by atoms with Gasteiger partial charge in [0, 0.05) is 12.8 Å². The smallest absolute Gasteiger partial charge is 0.306 e. The van der Waals surface area contributed by atoms with Crippen LogP contribution in [0.25, 0.3) is 0 Å². The number of carbonyl (C=O) groups excluding carboxylic acids is 2. The van der Waals surface area contributed by atoms with E-state index in [9.17, 15) is 30.0 Å². The standard InChI is InChI=1S/C42H72O10/c1-3-5-7-9-11-13-15-17-18-19-21-22-24-26-28-30-37(44)49-33-35(34-50-42-41(48)40(47)39(46)36(32-43)52-42)51-38(45)31-29-27-25-23-20-16-14-12-10-8-6-4-2/h5,7,11,13,17-18,21-22,35-36,39-43,46-48H,3-4,6,8-10,12,14-16,19-20,23-34H2,1-2H3/b7-5+,13-11+,18-17+,22-21+/t35-,36-,39+,40?,41?,42-/m0/s1. The zero-order valence-electron chi connectivity index (χ0n) is 32.3. The van der Waals surface area contributed by atoms with E-state index < -0.39 is 55.4 Å². The Labute approximate surface area is 314 Å². The number of allylic oxidation sites excluding steroid dienone is 8. The second-order valence-electron chi connectivity index (χ2n) is 13.7. The van der Waals surface area contributed by atoms with Crippen LogP contribution in [0.3, 0.4) is 0 Å². The van der Waals surface area contributed by atoms with E-state index >= 15 is 0 Å². The molecule has 2 unspecified atom stereocenters. The molecule has 1 heterocycles. The number of hydrogen-bond donors (Lipinski definition) is 4. The number of unbranched alkanes of at least 4 members (excludes halogenated alkanes) is 13. The van der Waals surface area contributed by atoms with E-state index in [1.807, 2.05) is 0 Å². The van der Waals surface area contributed by atoms with E-state index in [0.29, 0.717) is 12.8 Å². The molecule has 0 radical (unpaired) electrons. The number of carbonyl (C=O) groups is 2. The maximum Gasteiger partial charge on any atom is 0.306 e. The average Bonchev–Trinajstić information content (AvgIpc) is 3.14. The molecule has 0 aromatic heterocycles. The summed E-state index contributed by atoms with van der Waals surface area (Å²) in [6, 6.07) is 0. The normalized spacial score (nSPS) is 21.5. The predicted octanol–water partition coefficient (Wildman–Crippen LogP) is 7.71. The van der Waals surface area contributed by atoms with Crippen molar-refractivity contribution in [3.05, 3.63) is 48.6 Å². The predicted molar refractivity (Wildman–Crippen MR) is 205 cm³/mol. The summed E-state index contributed by atoms with van der Waals surface area (Å²) in [5.74, 6) is -0.858. The number of rotatable bonds is 32. The highest BCUT2D eigenvalue weighted by Gasteiger charge is 2.44. The molecule has 1 rings (SSSR count). The molecule has 10 heteroatoms. The molecule has 0 spiro atoms. The fourth-order valence-corrected chi connectivity index (χ4v) is 5.77. The summed E-state index contributed by atoms with van der Waals surface area (Å²) >= 11 is 0. The van der Waals surface area contributed by atoms with Gasteiger partial charge in [-0.1, -0.05) is 133 Å². The van der Waals surface area contributed by atoms with Gasteiger partial charge in [-0.15, -0.1) is 0 Å². The van der Waals surface area contributed by atoms with Crippen LogP contribution in [-0.4, -0.2) is 89.0 Å². The minimum atomic E-state index is -1.60. The van der Waals surface area contributed by atoms with Crippen LogP contribution >= 0.6 is 0 Å². The van der Waals surface area contributed by atoms with Crippen molar-refractivity contribution in [3.63, 3.8) is 0 Å². The first-order chi connectivity index (χ1) is 25.3. The highest BCUT2D eigenvalue weighted by atomic mass is 16.7. The molecule has 1 fully saturated rings. The Kier molecular flexibility index (Phi) is 30.5. The van der Waals surface area contributed by atoms with Crippen LogP contribution in [0.15, 0.2) is 48.6 Å². The number of aliphatic hydroxyl groups excluding tert-OH is 4. The maximum absolute atomic E-state index is 12.7. The maximum atomic E-state index is 12.7. The molecule has 0 aliphatic carbocycles. The highest BCUT2D eigenvalue weighted by Crippen LogP contribution is 2.22. The third-order valence-corrected chi connectivity index (χ3v) is 8.98. The molecule has 0 bridgehead atoms. The summed E-state index contributed by atoms with van der Waals surface area (Å²) in [6.45, 7) is 3.24. The Bertz CT molecular complexity index is 991. The molecule has 0 saturated carbocycles. The second kappa shape index (κ2) is 33.2. The van der Waals surface area contributed by atoms with E-state index in [2.05, 4.69) is 62.5 Å². The first kappa shape index (κ1) is 47.7. The molecule has 1 aliphatic heterocycles. The molecule has 6 atom stereocenters. The SMILES string of the molecule is CC/C=C/C/C=C/C/C=C/C/C=C/CCCCC(=O)OC[C@@H](CO[C@H]1O[C@@H](CO)[C@@H](O)C(O)C1O)OC(=O)CCCCCCCCCCCCCC. The zero-order valence-corrected chi connectivity index (χ0v) is 32.3. The van der Waals surface area contributed by atoms with Gasteiger partial charge in [-0.2, -0.15) is 0 Å². The third-order valence-electron chi connectivity index (χ3n) is 8.98. The Morgan fingerprint density at radius 3 is 1.71 bits per heavy atom. The van der Waals surface area contributed by atoms with Gasteiger partial charge in [0.15, 0.2) is 12.4 Å². The van der Waals surface area contributed by atoms with Crippen molar-refractivity contribution in [3.8, 4) is 0 Å². The van der Waals surface area contributed by atoms with Crippen molar-refractivity contribution in [1.82, 2.24) is 0 Å². The van der Waals surface area contributed by atoms with Crippen LogP contribution in [0.1, 0.15) is 149 Å². The van der Waals surface area contributed by atoms with Crippen molar-refractivity contribution in [2.45, 2.75) is 185 Å². The lowest BCUT2D eigenvalue weighted by Crippen LogP contribution is -2.59. The summed E-state index contributed by atoms with van der Waals surface area (Å²) in [4.78, 5) is 25.2. The minimum absolute atomic E-state index is 0.221. The molecule has 1 saturated heterocycles. The van der Waals surface area contributed by atoms with E-state index in [-0.39, 0.29) is 26.1 Å². The number of ether oxygens (including phenoxy) is 4. The van der Waals surface area contributed by atoms with Crippen molar-refractivity contribution in [1.29, 1.82) is 0 Å². The fraction of sp³-hybridized carbons (Fsp3) is 0.762. The summed E-state index contributed by atoms with van der Waals surface area (Å²) in [5, 5.41) is 39.9. The lowest BCUT2D eigenvalue weighted by molar-refractivity contribution is -0.305. The van der Waals surface area contributed by atoms with Gasteiger partial charge in [0.05, 0.1) is 13.2 Å². The number of esters is 2. The van der Waals surface area contributed by atoms with Gasteiger partial charge in [0.1, 0.15) is 31.0 Å². The summed E-state index contributed by atoms with van der Waals surface area (Å²) in [7, 11) is 0. The second-order valence-corrected chi connectivity index (χ2v) is 13.7. The summed E-state index contributed by atoms with van der Waals surface area (Å²) in [5.41, 5.74) is 0. The Morgan fingerprint density at radius 2 is 1.13 bits per heavy atom. The molecule has 4 N–H and O–H groups in total. The third kappa shape index (κ3) is 24.8. The average molecular weight is 737 g/mol. The first-order valence-electron chi connectivity index (χ1n) is 20.2. The van der Waals surface area contributed by atoms with Crippen LogP contribution < -0.4 is 0 Å². The first-order valence-corrected chi connectivity index (χ1v) is 20.2. The van der Waals surface area contributed by atoms with E-state index in [4.69, 9.17) is 18.9 Å². The molecular weight excluding hydrogens is 664 g/mol. The summed E-state index contributed by atoms with van der Waals surface area (Å²) in [6.07, 6.45) is 29.8. The number of aliphatic hydroxyl groups is 4. The van der Waals surface area contributed by atoms with Crippen LogP contribution in [-0.2, 0) is 28.5 Å². The Hall–Kier alpha value is -2.34. The summed E-state index contributed by atoms with van der Waals surface area (Å²) < 4.78 is 22.0. The molecular formula is C42H72O10. The van der Waals surface area contributed by atoms with Crippen LogP contribution in [0.4, 0.5) is 0 Å². The topological polar surface area (TPSA) is 152 Å². The van der Waals surface area contributed by atoms with Gasteiger partial charge in [0.2, 0.25) is 0 Å². The van der Waals surface area contributed by atoms with Crippen molar-refractivity contribution in [2.75, 3.05) is 19.8 Å². The van der Waals surface area contributed by atoms with Gasteiger partial charge in [-0.3, -0.25) is 9.59 Å². The van der Waals surface area contributed by atoms with Crippen LogP contribution in [0.5, 0.6) is 0 Å². The molecule has 0 aromatic carbocycles. The molecule has 10 nitrogen and oxygen atoms in total. The molecule has 300 valence electrons. The molecule has 52 heavy (non-hydrogen) atoms. The monoisotopic (exact) mass is 737 g/mol. The Morgan fingerprint density at radius 1 is 0.615 bits per heavy atom. The lowest BCUT2D eigenvalue weighted by Gasteiger charge is -2.39. The van der Waals surface area contributed by atoms with Crippen molar-refractivity contribution in [2.24, 2.45) is 0 Å². The molecule has 0 aromatic rings. The lowest BCUT2D eigenvalue weighted by atomic mass is 9.99. The zero-order chi connectivity index (χ0) is 38.1. The number of hydrogen-bond acceptors (Lipinski definition) is 10. The van der Waals surface area contributed by atoms with Crippen molar-refractivity contribution >= 4 is 11.9 Å². The van der Waals surface area contributed by atoms with E-state index in [1.165, 1.54) is 51.4 Å². The van der Waals surface area contributed by atoms with E-state index in [1.54, 1.807) is 0 Å². The Balaban J connectivity index is 2.41. The fourth-order valence-electron chi connectivity index (χ4n) is 5.77. The molecule has 1 aliphatic rings. The minimum Gasteiger partial charge on any atom is -0.462 e. The van der Waals surface area contributed by atoms with E-state index in [0.717, 1.165) is 57.8 Å². The van der Waals surface area contributed by atoms with Gasteiger partial charge in [0.25, 0.3) is 0 Å². The highest BCUT2D eigenvalue weighted by molar-refractivity contribution is 5.70. The van der Waals surface area contributed by atoms with Crippen LogP contribution in [0.2, 0.25) is 0 Å². The van der Waals surface area contributed by atoms with Gasteiger partial charge in [-0.05, 0) is 51.4 Å². The quantitative estimate of drug-likeness (QED) is 0.0307. The van der Waals surface area contributed by atoms with Gasteiger partial charge in [-0.25, -0.2) is 0 Å². The van der Waals surface area contributed by atoms with Crippen LogP contribution in [0, 0.1) is 0 Å². The molecule has 0 amide bonds. The van der Waals surface area contributed by atoms with Gasteiger partial charge < -0.3 is 39.4 Å². The largest absolute Gasteiger partial charge is 0.462 e.